The predicted molar refractivity (Wildman–Crippen MR) is 84.8 cm³/mol. The summed E-state index contributed by atoms with van der Waals surface area (Å²) < 4.78 is 2.18. The molecule has 0 aromatic carbocycles. The SMILES string of the molecule is CCc1ccc(Cn2c(CCCl)nc3cccnc32)s1. The van der Waals surface area contributed by atoms with Crippen LogP contribution in [0, 0.1) is 0 Å². The monoisotopic (exact) mass is 305 g/mol. The Kier molecular flexibility index (Phi) is 4.03. The molecule has 5 heteroatoms. The van der Waals surface area contributed by atoms with Crippen molar-refractivity contribution in [3.63, 3.8) is 0 Å². The third-order valence-electron chi connectivity index (χ3n) is 3.28. The lowest BCUT2D eigenvalue weighted by Gasteiger charge is -2.06. The Morgan fingerprint density at radius 3 is 2.85 bits per heavy atom. The van der Waals surface area contributed by atoms with Crippen LogP contribution < -0.4 is 0 Å². The Balaban J connectivity index is 2.01. The van der Waals surface area contributed by atoms with E-state index in [9.17, 15) is 0 Å². The van der Waals surface area contributed by atoms with Gasteiger partial charge in [0, 0.05) is 28.3 Å². The van der Waals surface area contributed by atoms with Crippen molar-refractivity contribution in [3.8, 4) is 0 Å². The number of imidazole rings is 1. The van der Waals surface area contributed by atoms with Crippen molar-refractivity contribution in [2.45, 2.75) is 26.3 Å². The molecule has 3 nitrogen and oxygen atoms in total. The van der Waals surface area contributed by atoms with Gasteiger partial charge < -0.3 is 4.57 Å². The van der Waals surface area contributed by atoms with Crippen LogP contribution in [0.2, 0.25) is 0 Å². The van der Waals surface area contributed by atoms with Gasteiger partial charge in [0.1, 0.15) is 11.3 Å². The predicted octanol–water partition coefficient (Wildman–Crippen LogP) is 3.88. The van der Waals surface area contributed by atoms with Gasteiger partial charge in [-0.25, -0.2) is 9.97 Å². The molecule has 0 aliphatic rings. The van der Waals surface area contributed by atoms with E-state index < -0.39 is 0 Å². The fourth-order valence-electron chi connectivity index (χ4n) is 2.30. The van der Waals surface area contributed by atoms with E-state index >= 15 is 0 Å². The molecule has 0 unspecified atom stereocenters. The average molecular weight is 306 g/mol. The second-order valence-electron chi connectivity index (χ2n) is 4.62. The summed E-state index contributed by atoms with van der Waals surface area (Å²) >= 11 is 7.75. The molecule has 0 N–H and O–H groups in total. The van der Waals surface area contributed by atoms with Gasteiger partial charge in [0.25, 0.3) is 0 Å². The van der Waals surface area contributed by atoms with Crippen LogP contribution in [-0.2, 0) is 19.4 Å². The van der Waals surface area contributed by atoms with Gasteiger partial charge in [0.05, 0.1) is 6.54 Å². The largest absolute Gasteiger partial charge is 0.307 e. The molecule has 0 aliphatic heterocycles. The smallest absolute Gasteiger partial charge is 0.160 e. The number of aromatic nitrogens is 3. The quantitative estimate of drug-likeness (QED) is 0.670. The van der Waals surface area contributed by atoms with Gasteiger partial charge in [0.15, 0.2) is 5.65 Å². The van der Waals surface area contributed by atoms with Gasteiger partial charge in [0.2, 0.25) is 0 Å². The first-order valence-corrected chi connectivity index (χ1v) is 8.10. The number of thiophene rings is 1. The van der Waals surface area contributed by atoms with Crippen LogP contribution in [0.25, 0.3) is 11.2 Å². The van der Waals surface area contributed by atoms with Crippen LogP contribution in [-0.4, -0.2) is 20.4 Å². The minimum Gasteiger partial charge on any atom is -0.307 e. The Bertz CT molecular complexity index is 717. The summed E-state index contributed by atoms with van der Waals surface area (Å²) in [7, 11) is 0. The third-order valence-corrected chi connectivity index (χ3v) is 4.68. The molecule has 0 fully saturated rings. The first-order valence-electron chi connectivity index (χ1n) is 6.75. The molecule has 3 aromatic heterocycles. The molecule has 0 atom stereocenters. The highest BCUT2D eigenvalue weighted by atomic mass is 35.5. The molecular weight excluding hydrogens is 290 g/mol. The van der Waals surface area contributed by atoms with Crippen molar-refractivity contribution in [3.05, 3.63) is 46.0 Å². The number of nitrogens with zero attached hydrogens (tertiary/aromatic N) is 3. The maximum absolute atomic E-state index is 5.89. The van der Waals surface area contributed by atoms with Crippen LogP contribution in [0.3, 0.4) is 0 Å². The number of pyridine rings is 1. The van der Waals surface area contributed by atoms with E-state index in [4.69, 9.17) is 11.6 Å². The van der Waals surface area contributed by atoms with Crippen molar-refractivity contribution in [1.82, 2.24) is 14.5 Å². The molecule has 0 saturated carbocycles. The fraction of sp³-hybridized carbons (Fsp3) is 0.333. The van der Waals surface area contributed by atoms with E-state index in [-0.39, 0.29) is 0 Å². The third kappa shape index (κ3) is 2.58. The van der Waals surface area contributed by atoms with Gasteiger partial charge in [-0.1, -0.05) is 6.92 Å². The summed E-state index contributed by atoms with van der Waals surface area (Å²) in [6.07, 6.45) is 3.67. The molecule has 0 radical (unpaired) electrons. The molecular formula is C15H16ClN3S. The minimum absolute atomic E-state index is 0.577. The average Bonchev–Trinajstić information content (AvgIpc) is 3.05. The highest BCUT2D eigenvalue weighted by Crippen LogP contribution is 2.21. The van der Waals surface area contributed by atoms with Gasteiger partial charge in [-0.2, -0.15) is 0 Å². The van der Waals surface area contributed by atoms with Gasteiger partial charge >= 0.3 is 0 Å². The molecule has 3 rings (SSSR count). The first-order chi connectivity index (χ1) is 9.81. The summed E-state index contributed by atoms with van der Waals surface area (Å²) in [5, 5.41) is 0. The zero-order valence-electron chi connectivity index (χ0n) is 11.3. The zero-order valence-corrected chi connectivity index (χ0v) is 12.9. The first kappa shape index (κ1) is 13.6. The van der Waals surface area contributed by atoms with Crippen molar-refractivity contribution in [1.29, 1.82) is 0 Å². The normalized spacial score (nSPS) is 11.3. The van der Waals surface area contributed by atoms with E-state index in [2.05, 4.69) is 33.6 Å². The van der Waals surface area contributed by atoms with E-state index in [1.165, 1.54) is 9.75 Å². The van der Waals surface area contributed by atoms with Crippen molar-refractivity contribution < 1.29 is 0 Å². The van der Waals surface area contributed by atoms with Crippen molar-refractivity contribution >= 4 is 34.1 Å². The van der Waals surface area contributed by atoms with Crippen molar-refractivity contribution in [2.75, 3.05) is 5.88 Å². The number of halogens is 1. The minimum atomic E-state index is 0.577. The van der Waals surface area contributed by atoms with Crippen LogP contribution in [0.5, 0.6) is 0 Å². The maximum Gasteiger partial charge on any atom is 0.160 e. The van der Waals surface area contributed by atoms with Gasteiger partial charge in [-0.05, 0) is 30.7 Å². The number of alkyl halides is 1. The fourth-order valence-corrected chi connectivity index (χ4v) is 3.42. The maximum atomic E-state index is 5.89. The highest BCUT2D eigenvalue weighted by Gasteiger charge is 2.12. The van der Waals surface area contributed by atoms with Crippen LogP contribution in [0.1, 0.15) is 22.5 Å². The van der Waals surface area contributed by atoms with Crippen LogP contribution >= 0.6 is 22.9 Å². The Morgan fingerprint density at radius 1 is 1.25 bits per heavy atom. The Hall–Kier alpha value is -1.39. The summed E-state index contributed by atoms with van der Waals surface area (Å²) in [5.41, 5.74) is 1.89. The summed E-state index contributed by atoms with van der Waals surface area (Å²) in [4.78, 5) is 11.9. The molecule has 0 saturated heterocycles. The number of rotatable bonds is 5. The summed E-state index contributed by atoms with van der Waals surface area (Å²) in [5.74, 6) is 1.59. The number of aryl methyl sites for hydroxylation is 2. The number of fused-ring (bicyclic) bond motifs is 1. The second-order valence-corrected chi connectivity index (χ2v) is 6.25. The molecule has 0 aliphatic carbocycles. The lowest BCUT2D eigenvalue weighted by atomic mass is 10.3. The molecule has 3 heterocycles. The topological polar surface area (TPSA) is 30.7 Å². The number of hydrogen-bond acceptors (Lipinski definition) is 3. The van der Waals surface area contributed by atoms with Crippen LogP contribution in [0.4, 0.5) is 0 Å². The summed E-state index contributed by atoms with van der Waals surface area (Å²) in [6.45, 7) is 3.01. The van der Waals surface area contributed by atoms with E-state index in [0.717, 1.165) is 36.4 Å². The van der Waals surface area contributed by atoms with Gasteiger partial charge in [-0.15, -0.1) is 22.9 Å². The van der Waals surface area contributed by atoms with Crippen LogP contribution in [0.15, 0.2) is 30.5 Å². The molecule has 0 amide bonds. The zero-order chi connectivity index (χ0) is 13.9. The van der Waals surface area contributed by atoms with E-state index in [1.807, 2.05) is 29.7 Å². The van der Waals surface area contributed by atoms with E-state index in [0.29, 0.717) is 5.88 Å². The van der Waals surface area contributed by atoms with E-state index in [1.54, 1.807) is 0 Å². The van der Waals surface area contributed by atoms with Crippen molar-refractivity contribution in [2.24, 2.45) is 0 Å². The molecule has 0 bridgehead atoms. The lowest BCUT2D eigenvalue weighted by Crippen LogP contribution is -2.05. The van der Waals surface area contributed by atoms with Gasteiger partial charge in [-0.3, -0.25) is 0 Å². The number of hydrogen-bond donors (Lipinski definition) is 0. The summed E-state index contributed by atoms with van der Waals surface area (Å²) in [6, 6.07) is 8.32. The Labute approximate surface area is 127 Å². The molecule has 104 valence electrons. The molecule has 0 spiro atoms. The lowest BCUT2D eigenvalue weighted by molar-refractivity contribution is 0.756. The highest BCUT2D eigenvalue weighted by molar-refractivity contribution is 7.11. The molecule has 3 aromatic rings. The second kappa shape index (κ2) is 5.94. The Morgan fingerprint density at radius 2 is 2.10 bits per heavy atom. The molecule has 20 heavy (non-hydrogen) atoms. The standard InChI is InChI=1S/C15H16ClN3S/c1-2-11-5-6-12(20-11)10-19-14(7-8-16)18-13-4-3-9-17-15(13)19/h3-6,9H,2,7-8,10H2,1H3.